The molecule has 1 saturated heterocycles. The van der Waals surface area contributed by atoms with Gasteiger partial charge in [-0.05, 0) is 30.0 Å². The van der Waals surface area contributed by atoms with Crippen molar-refractivity contribution in [2.45, 2.75) is 43.8 Å². The summed E-state index contributed by atoms with van der Waals surface area (Å²) in [6, 6.07) is 18.8. The predicted molar refractivity (Wildman–Crippen MR) is 126 cm³/mol. The zero-order valence-electron chi connectivity index (χ0n) is 18.6. The molecule has 2 aliphatic heterocycles. The zero-order valence-corrected chi connectivity index (χ0v) is 18.6. The molecule has 176 valence electrons. The molecule has 1 unspecified atom stereocenters. The van der Waals surface area contributed by atoms with Crippen molar-refractivity contribution in [2.75, 3.05) is 12.3 Å². The Kier molecular flexibility index (Phi) is 6.39. The Morgan fingerprint density at radius 1 is 1.03 bits per heavy atom. The molecule has 4 atom stereocenters. The highest BCUT2D eigenvalue weighted by Crippen LogP contribution is 2.34. The van der Waals surface area contributed by atoms with Gasteiger partial charge in [-0.3, -0.25) is 4.57 Å². The summed E-state index contributed by atoms with van der Waals surface area (Å²) in [5.41, 5.74) is 9.35. The van der Waals surface area contributed by atoms with Crippen LogP contribution in [0, 0.1) is 0 Å². The summed E-state index contributed by atoms with van der Waals surface area (Å²) in [5.74, 6) is 1.35. The summed E-state index contributed by atoms with van der Waals surface area (Å²) < 4.78 is 13.2. The first kappa shape index (κ1) is 22.3. The van der Waals surface area contributed by atoms with Gasteiger partial charge in [0, 0.05) is 6.42 Å². The predicted octanol–water partition coefficient (Wildman–Crippen LogP) is 2.80. The van der Waals surface area contributed by atoms with Gasteiger partial charge < -0.3 is 25.4 Å². The molecule has 4 heterocycles. The number of rotatable bonds is 3. The highest BCUT2D eigenvalue weighted by Gasteiger charge is 2.35. The van der Waals surface area contributed by atoms with E-state index in [0.717, 1.165) is 18.6 Å². The minimum Gasteiger partial charge on any atom is -0.485 e. The van der Waals surface area contributed by atoms with Crippen molar-refractivity contribution in [1.29, 1.82) is 0 Å². The molecular formula is C25H27N5O4. The zero-order chi connectivity index (χ0) is 23.5. The molecule has 0 amide bonds. The third-order valence-electron chi connectivity index (χ3n) is 6.17. The Hall–Kier alpha value is -3.53. The maximum Gasteiger partial charge on any atom is 0.167 e. The van der Waals surface area contributed by atoms with E-state index in [4.69, 9.17) is 20.3 Å². The SMILES string of the molecule is Nc1ncnc2c1ncn2[C@H]1C[C@H](O)[C@@H](CO)O1.c1ccc(C2CCc3ccccc3O2)cc1. The van der Waals surface area contributed by atoms with Gasteiger partial charge in [-0.2, -0.15) is 0 Å². The summed E-state index contributed by atoms with van der Waals surface area (Å²) in [5, 5.41) is 18.8. The van der Waals surface area contributed by atoms with E-state index in [2.05, 4.69) is 57.4 Å². The molecule has 34 heavy (non-hydrogen) atoms. The van der Waals surface area contributed by atoms with E-state index in [-0.39, 0.29) is 12.7 Å². The third-order valence-corrected chi connectivity index (χ3v) is 6.17. The lowest BCUT2D eigenvalue weighted by Crippen LogP contribution is -2.24. The first-order valence-electron chi connectivity index (χ1n) is 11.3. The van der Waals surface area contributed by atoms with Crippen LogP contribution in [0.2, 0.25) is 0 Å². The van der Waals surface area contributed by atoms with Gasteiger partial charge in [-0.1, -0.05) is 48.5 Å². The fourth-order valence-corrected chi connectivity index (χ4v) is 4.36. The monoisotopic (exact) mass is 461 g/mol. The largest absolute Gasteiger partial charge is 0.485 e. The molecule has 0 aliphatic carbocycles. The van der Waals surface area contributed by atoms with Crippen LogP contribution in [-0.4, -0.2) is 48.5 Å². The number of aryl methyl sites for hydroxylation is 1. The Morgan fingerprint density at radius 2 is 1.82 bits per heavy atom. The minimum absolute atomic E-state index is 0.219. The Morgan fingerprint density at radius 3 is 2.62 bits per heavy atom. The molecule has 6 rings (SSSR count). The van der Waals surface area contributed by atoms with E-state index >= 15 is 0 Å². The van der Waals surface area contributed by atoms with Gasteiger partial charge in [0.2, 0.25) is 0 Å². The van der Waals surface area contributed by atoms with Crippen molar-refractivity contribution in [3.8, 4) is 5.75 Å². The molecule has 0 radical (unpaired) electrons. The van der Waals surface area contributed by atoms with Crippen LogP contribution in [0.3, 0.4) is 0 Å². The average molecular weight is 462 g/mol. The van der Waals surface area contributed by atoms with Crippen molar-refractivity contribution in [2.24, 2.45) is 0 Å². The quantitative estimate of drug-likeness (QED) is 0.425. The van der Waals surface area contributed by atoms with Gasteiger partial charge >= 0.3 is 0 Å². The van der Waals surface area contributed by atoms with Crippen LogP contribution >= 0.6 is 0 Å². The minimum atomic E-state index is -0.698. The number of aliphatic hydroxyl groups is 2. The fraction of sp³-hybridized carbons (Fsp3) is 0.320. The van der Waals surface area contributed by atoms with E-state index < -0.39 is 18.4 Å². The van der Waals surface area contributed by atoms with Crippen molar-refractivity contribution in [1.82, 2.24) is 19.5 Å². The molecule has 2 aliphatic rings. The summed E-state index contributed by atoms with van der Waals surface area (Å²) in [6.45, 7) is -0.221. The first-order chi connectivity index (χ1) is 16.6. The second-order valence-corrected chi connectivity index (χ2v) is 8.36. The number of fused-ring (bicyclic) bond motifs is 2. The van der Waals surface area contributed by atoms with Crippen molar-refractivity contribution < 1.29 is 19.7 Å². The number of nitrogens with two attached hydrogens (primary N) is 1. The third kappa shape index (κ3) is 4.45. The molecule has 9 heteroatoms. The number of hydrogen-bond donors (Lipinski definition) is 3. The summed E-state index contributed by atoms with van der Waals surface area (Å²) in [4.78, 5) is 12.1. The fourth-order valence-electron chi connectivity index (χ4n) is 4.36. The Balaban J connectivity index is 0.000000142. The van der Waals surface area contributed by atoms with E-state index in [1.54, 1.807) is 10.9 Å². The molecule has 2 aromatic carbocycles. The van der Waals surface area contributed by atoms with Crippen LogP contribution < -0.4 is 10.5 Å². The number of nitrogen functional groups attached to an aromatic ring is 1. The van der Waals surface area contributed by atoms with Gasteiger partial charge in [0.25, 0.3) is 0 Å². The second kappa shape index (κ2) is 9.76. The van der Waals surface area contributed by atoms with E-state index in [0.29, 0.717) is 23.4 Å². The normalized spacial score (nSPS) is 23.6. The maximum atomic E-state index is 9.71. The molecule has 0 spiro atoms. The molecule has 1 fully saturated rings. The summed E-state index contributed by atoms with van der Waals surface area (Å²) in [7, 11) is 0. The van der Waals surface area contributed by atoms with Crippen LogP contribution in [0.5, 0.6) is 5.75 Å². The second-order valence-electron chi connectivity index (χ2n) is 8.36. The standard InChI is InChI=1S/C15H14O.C10H13N5O3/c1-2-6-12(7-3-1)15-11-10-13-8-4-5-9-14(13)16-15;11-9-8-10(13-3-12-9)15(4-14-8)7-1-5(17)6(2-16)18-7/h1-9,15H,10-11H2;3-7,16-17H,1-2H2,(H2,11,12,13)/t;5-,6+,7+/m.0/s1. The summed E-state index contributed by atoms with van der Waals surface area (Å²) in [6.07, 6.45) is 3.99. The lowest BCUT2D eigenvalue weighted by Gasteiger charge is -2.26. The molecule has 4 aromatic rings. The van der Waals surface area contributed by atoms with Gasteiger partial charge in [-0.15, -0.1) is 0 Å². The number of hydrogen-bond acceptors (Lipinski definition) is 8. The van der Waals surface area contributed by atoms with Crippen LogP contribution in [0.1, 0.15) is 36.3 Å². The van der Waals surface area contributed by atoms with Crippen LogP contribution in [0.25, 0.3) is 11.2 Å². The molecule has 0 bridgehead atoms. The van der Waals surface area contributed by atoms with Gasteiger partial charge in [0.15, 0.2) is 11.5 Å². The number of nitrogens with zero attached hydrogens (tertiary/aromatic N) is 4. The van der Waals surface area contributed by atoms with Crippen molar-refractivity contribution >= 4 is 17.0 Å². The molecule has 4 N–H and O–H groups in total. The van der Waals surface area contributed by atoms with Crippen LogP contribution in [0.15, 0.2) is 67.3 Å². The Bertz CT molecular complexity index is 1250. The number of anilines is 1. The van der Waals surface area contributed by atoms with Gasteiger partial charge in [-0.25, -0.2) is 15.0 Å². The van der Waals surface area contributed by atoms with Gasteiger partial charge in [0.1, 0.15) is 36.0 Å². The number of aromatic nitrogens is 4. The number of ether oxygens (including phenoxy) is 2. The van der Waals surface area contributed by atoms with Gasteiger partial charge in [0.05, 0.1) is 19.0 Å². The number of imidazole rings is 1. The average Bonchev–Trinajstić information content (AvgIpc) is 3.48. The van der Waals surface area contributed by atoms with Crippen LogP contribution in [-0.2, 0) is 11.2 Å². The number of para-hydroxylation sites is 1. The van der Waals surface area contributed by atoms with E-state index in [1.165, 1.54) is 17.5 Å². The van der Waals surface area contributed by atoms with Crippen LogP contribution in [0.4, 0.5) is 5.82 Å². The Labute approximate surface area is 196 Å². The topological polar surface area (TPSA) is 129 Å². The number of aliphatic hydroxyl groups excluding tert-OH is 2. The molecule has 2 aromatic heterocycles. The smallest absolute Gasteiger partial charge is 0.167 e. The first-order valence-corrected chi connectivity index (χ1v) is 11.3. The van der Waals surface area contributed by atoms with E-state index in [9.17, 15) is 5.11 Å². The molecule has 0 saturated carbocycles. The highest BCUT2D eigenvalue weighted by atomic mass is 16.5. The summed E-state index contributed by atoms with van der Waals surface area (Å²) >= 11 is 0. The highest BCUT2D eigenvalue weighted by molar-refractivity contribution is 5.81. The lowest BCUT2D eigenvalue weighted by molar-refractivity contribution is -0.0432. The van der Waals surface area contributed by atoms with E-state index in [1.807, 2.05) is 12.1 Å². The molecule has 9 nitrogen and oxygen atoms in total. The molecular weight excluding hydrogens is 434 g/mol. The maximum absolute atomic E-state index is 9.71. The van der Waals surface area contributed by atoms with Crippen molar-refractivity contribution in [3.05, 3.63) is 78.4 Å². The van der Waals surface area contributed by atoms with Crippen molar-refractivity contribution in [3.63, 3.8) is 0 Å². The lowest BCUT2D eigenvalue weighted by atomic mass is 9.98. The number of benzene rings is 2.